The van der Waals surface area contributed by atoms with Gasteiger partial charge in [0.05, 0.1) is 5.41 Å². The van der Waals surface area contributed by atoms with Crippen LogP contribution in [0.3, 0.4) is 0 Å². The molecule has 0 aliphatic carbocycles. The van der Waals surface area contributed by atoms with Gasteiger partial charge in [-0.05, 0) is 27.7 Å². The lowest BCUT2D eigenvalue weighted by molar-refractivity contribution is -0.147. The quantitative estimate of drug-likeness (QED) is 0.514. The second-order valence-electron chi connectivity index (χ2n) is 5.25. The van der Waals surface area contributed by atoms with E-state index >= 15 is 0 Å². The van der Waals surface area contributed by atoms with Crippen LogP contribution in [0.5, 0.6) is 0 Å². The van der Waals surface area contributed by atoms with Crippen LogP contribution in [-0.2, 0) is 9.59 Å². The van der Waals surface area contributed by atoms with Gasteiger partial charge in [-0.1, -0.05) is 0 Å². The molecule has 0 heterocycles. The van der Waals surface area contributed by atoms with Crippen molar-refractivity contribution in [3.05, 3.63) is 0 Å². The van der Waals surface area contributed by atoms with Gasteiger partial charge in [-0.2, -0.15) is 0 Å². The largest absolute Gasteiger partial charge is 0.479 e. The van der Waals surface area contributed by atoms with Crippen LogP contribution in [0.15, 0.2) is 0 Å². The summed E-state index contributed by atoms with van der Waals surface area (Å²) in [6.45, 7) is 7.04. The normalized spacial score (nSPS) is 14.2. The number of carbonyl (C=O) groups is 2. The topological polar surface area (TPSA) is 113 Å². The summed E-state index contributed by atoms with van der Waals surface area (Å²) < 4.78 is 0. The molecule has 0 saturated heterocycles. The molecule has 1 atom stereocenters. The number of hydrogen-bond donors (Lipinski definition) is 4. The molecule has 0 spiro atoms. The Bertz CT molecular complexity index is 294. The first-order chi connectivity index (χ1) is 7.50. The van der Waals surface area contributed by atoms with E-state index in [4.69, 9.17) is 15.9 Å². The van der Waals surface area contributed by atoms with Crippen LogP contribution in [0.25, 0.3) is 0 Å². The predicted molar refractivity (Wildman–Crippen MR) is 63.3 cm³/mol. The van der Waals surface area contributed by atoms with Crippen LogP contribution in [0.2, 0.25) is 0 Å². The summed E-state index contributed by atoms with van der Waals surface area (Å²) in [5.74, 6) is -1.56. The van der Waals surface area contributed by atoms with E-state index in [0.717, 1.165) is 0 Å². The van der Waals surface area contributed by atoms with E-state index in [0.29, 0.717) is 0 Å². The first kappa shape index (κ1) is 15.9. The van der Waals surface area contributed by atoms with Gasteiger partial charge >= 0.3 is 5.97 Å². The van der Waals surface area contributed by atoms with E-state index in [1.54, 1.807) is 27.7 Å². The molecular weight excluding hydrogens is 224 g/mol. The van der Waals surface area contributed by atoms with Crippen molar-refractivity contribution in [3.8, 4) is 0 Å². The Labute approximate surface area is 101 Å². The third kappa shape index (κ3) is 4.32. The Morgan fingerprint density at radius 2 is 1.76 bits per heavy atom. The molecule has 0 rings (SSSR count). The first-order valence-electron chi connectivity index (χ1n) is 5.48. The van der Waals surface area contributed by atoms with Crippen LogP contribution in [0.4, 0.5) is 0 Å². The summed E-state index contributed by atoms with van der Waals surface area (Å²) >= 11 is 0. The predicted octanol–water partition coefficient (Wildman–Crippen LogP) is -0.298. The maximum absolute atomic E-state index is 11.8. The number of nitrogens with one attached hydrogen (secondary N) is 1. The third-order valence-corrected chi connectivity index (χ3v) is 3.17. The number of aliphatic carboxylic acids is 1. The Kier molecular flexibility index (Phi) is 5.10. The average Bonchev–Trinajstić information content (AvgIpc) is 2.15. The van der Waals surface area contributed by atoms with Gasteiger partial charge in [-0.15, -0.1) is 0 Å². The second kappa shape index (κ2) is 5.46. The Balaban J connectivity index is 4.25. The molecule has 0 bridgehead atoms. The van der Waals surface area contributed by atoms with Gasteiger partial charge in [0, 0.05) is 18.5 Å². The third-order valence-electron chi connectivity index (χ3n) is 3.17. The fourth-order valence-electron chi connectivity index (χ4n) is 0.959. The zero-order valence-corrected chi connectivity index (χ0v) is 10.8. The van der Waals surface area contributed by atoms with Crippen LogP contribution < -0.4 is 11.1 Å². The summed E-state index contributed by atoms with van der Waals surface area (Å²) in [5, 5.41) is 20.1. The fraction of sp³-hybridized carbons (Fsp3) is 0.818. The number of carbonyl (C=O) groups excluding carboxylic acids is 1. The number of rotatable bonds is 6. The molecule has 0 saturated carbocycles. The number of nitrogens with two attached hydrogens (primary N) is 1. The highest BCUT2D eigenvalue weighted by Crippen LogP contribution is 2.28. The smallest absolute Gasteiger partial charge is 0.332 e. The molecule has 0 aliphatic rings. The van der Waals surface area contributed by atoms with E-state index in [2.05, 4.69) is 5.32 Å². The van der Waals surface area contributed by atoms with Crippen LogP contribution in [0.1, 0.15) is 34.1 Å². The van der Waals surface area contributed by atoms with E-state index in [-0.39, 0.29) is 18.9 Å². The molecular formula is C11H22N2O4. The maximum atomic E-state index is 11.8. The van der Waals surface area contributed by atoms with Crippen molar-refractivity contribution in [3.63, 3.8) is 0 Å². The number of aliphatic hydroxyl groups excluding tert-OH is 1. The highest BCUT2D eigenvalue weighted by Gasteiger charge is 2.40. The van der Waals surface area contributed by atoms with Crippen molar-refractivity contribution in [1.82, 2.24) is 5.32 Å². The van der Waals surface area contributed by atoms with Gasteiger partial charge in [0.2, 0.25) is 5.91 Å². The molecule has 0 fully saturated rings. The Hall–Kier alpha value is -1.14. The molecule has 0 aliphatic heterocycles. The second-order valence-corrected chi connectivity index (χ2v) is 5.25. The molecule has 0 aromatic heterocycles. The van der Waals surface area contributed by atoms with Crippen molar-refractivity contribution in [2.45, 2.75) is 45.8 Å². The first-order valence-corrected chi connectivity index (χ1v) is 5.48. The summed E-state index contributed by atoms with van der Waals surface area (Å²) in [5.41, 5.74) is 4.42. The zero-order chi connectivity index (χ0) is 13.9. The molecule has 0 radical (unpaired) electrons. The highest BCUT2D eigenvalue weighted by atomic mass is 16.4. The van der Waals surface area contributed by atoms with Crippen molar-refractivity contribution >= 4 is 11.9 Å². The number of amides is 1. The minimum Gasteiger partial charge on any atom is -0.479 e. The lowest BCUT2D eigenvalue weighted by Gasteiger charge is -2.36. The van der Waals surface area contributed by atoms with Gasteiger partial charge in [-0.25, -0.2) is 4.79 Å². The fourth-order valence-corrected chi connectivity index (χ4v) is 0.959. The summed E-state index contributed by atoms with van der Waals surface area (Å²) in [6, 6.07) is 0. The van der Waals surface area contributed by atoms with Gasteiger partial charge in [0.25, 0.3) is 0 Å². The molecule has 0 aromatic rings. The van der Waals surface area contributed by atoms with Gasteiger partial charge in [0.1, 0.15) is 0 Å². The van der Waals surface area contributed by atoms with Crippen molar-refractivity contribution in [1.29, 1.82) is 0 Å². The molecule has 0 aromatic carbocycles. The Morgan fingerprint density at radius 3 is 2.12 bits per heavy atom. The Morgan fingerprint density at radius 1 is 1.29 bits per heavy atom. The van der Waals surface area contributed by atoms with Gasteiger partial charge in [-0.3, -0.25) is 4.79 Å². The number of carboxylic acids is 1. The average molecular weight is 246 g/mol. The van der Waals surface area contributed by atoms with Gasteiger partial charge in [0.15, 0.2) is 6.10 Å². The van der Waals surface area contributed by atoms with Crippen molar-refractivity contribution < 1.29 is 19.8 Å². The minimum atomic E-state index is -1.45. The van der Waals surface area contributed by atoms with Crippen LogP contribution in [0, 0.1) is 5.41 Å². The maximum Gasteiger partial charge on any atom is 0.332 e. The highest BCUT2D eigenvalue weighted by molar-refractivity contribution is 5.83. The summed E-state index contributed by atoms with van der Waals surface area (Å²) in [7, 11) is 0. The summed E-state index contributed by atoms with van der Waals surface area (Å²) in [6.07, 6.45) is -1.48. The number of hydrogen-bond acceptors (Lipinski definition) is 4. The SMILES string of the molecule is CC(C)(N)C(C)(C)C(=O)NCCC(O)C(=O)O. The van der Waals surface area contributed by atoms with Crippen LogP contribution in [-0.4, -0.2) is 40.3 Å². The number of carboxylic acid groups (broad SMARTS) is 1. The molecule has 6 nitrogen and oxygen atoms in total. The molecule has 1 amide bonds. The van der Waals surface area contributed by atoms with Gasteiger partial charge < -0.3 is 21.3 Å². The zero-order valence-electron chi connectivity index (χ0n) is 10.8. The molecule has 17 heavy (non-hydrogen) atoms. The molecule has 100 valence electrons. The van der Waals surface area contributed by atoms with Crippen LogP contribution >= 0.6 is 0 Å². The summed E-state index contributed by atoms with van der Waals surface area (Å²) in [4.78, 5) is 22.2. The lowest BCUT2D eigenvalue weighted by Crippen LogP contribution is -2.55. The van der Waals surface area contributed by atoms with E-state index in [9.17, 15) is 9.59 Å². The van der Waals surface area contributed by atoms with E-state index < -0.39 is 23.0 Å². The minimum absolute atomic E-state index is 0.0256. The molecule has 6 heteroatoms. The molecule has 1 unspecified atom stereocenters. The van der Waals surface area contributed by atoms with Crippen molar-refractivity contribution in [2.75, 3.05) is 6.54 Å². The monoisotopic (exact) mass is 246 g/mol. The van der Waals surface area contributed by atoms with E-state index in [1.165, 1.54) is 0 Å². The van der Waals surface area contributed by atoms with E-state index in [1.807, 2.05) is 0 Å². The van der Waals surface area contributed by atoms with Crippen molar-refractivity contribution in [2.24, 2.45) is 11.1 Å². The lowest BCUT2D eigenvalue weighted by atomic mass is 9.74. The standard InChI is InChI=1S/C11H22N2O4/c1-10(2,11(3,4)12)9(17)13-6-5-7(14)8(15)16/h7,14H,5-6,12H2,1-4H3,(H,13,17)(H,15,16). The molecule has 5 N–H and O–H groups in total. The number of aliphatic hydroxyl groups is 1.